The highest BCUT2D eigenvalue weighted by Crippen LogP contribution is 2.19. The maximum atomic E-state index is 4.59. The Morgan fingerprint density at radius 1 is 1.20 bits per heavy atom. The van der Waals surface area contributed by atoms with Crippen molar-refractivity contribution in [2.45, 2.75) is 20.0 Å². The molecule has 0 spiro atoms. The second kappa shape index (κ2) is 5.47. The Morgan fingerprint density at radius 2 is 2.05 bits per heavy atom. The standard InChI is InChI=1S/C17H19N3/c1-13-9-15(16-5-3-4-6-17(16)19-13)12-20-8-7-14(11-20)10-18-2/h3-9,11,18H,10,12H2,1-2H3. The zero-order valence-corrected chi connectivity index (χ0v) is 11.9. The Hall–Kier alpha value is -2.13. The molecule has 3 aromatic rings. The van der Waals surface area contributed by atoms with Crippen LogP contribution in [-0.4, -0.2) is 16.6 Å². The van der Waals surface area contributed by atoms with E-state index in [2.05, 4.69) is 64.5 Å². The Bertz CT molecular complexity index is 728. The molecule has 0 aliphatic heterocycles. The van der Waals surface area contributed by atoms with E-state index in [4.69, 9.17) is 0 Å². The molecule has 0 saturated heterocycles. The maximum absolute atomic E-state index is 4.59. The van der Waals surface area contributed by atoms with Gasteiger partial charge in [0, 0.05) is 36.6 Å². The lowest BCUT2D eigenvalue weighted by molar-refractivity contribution is 0.784. The minimum atomic E-state index is 0.883. The maximum Gasteiger partial charge on any atom is 0.0708 e. The minimum Gasteiger partial charge on any atom is -0.350 e. The molecule has 102 valence electrons. The highest BCUT2D eigenvalue weighted by atomic mass is 14.9. The van der Waals surface area contributed by atoms with Crippen LogP contribution in [0.2, 0.25) is 0 Å². The summed E-state index contributed by atoms with van der Waals surface area (Å²) in [5.74, 6) is 0. The average Bonchev–Trinajstić information content (AvgIpc) is 2.86. The number of rotatable bonds is 4. The van der Waals surface area contributed by atoms with Crippen molar-refractivity contribution < 1.29 is 0 Å². The van der Waals surface area contributed by atoms with Gasteiger partial charge in [0.15, 0.2) is 0 Å². The first-order valence-electron chi connectivity index (χ1n) is 6.91. The van der Waals surface area contributed by atoms with Gasteiger partial charge in [0.25, 0.3) is 0 Å². The van der Waals surface area contributed by atoms with E-state index in [1.807, 2.05) is 13.1 Å². The topological polar surface area (TPSA) is 29.9 Å². The molecular formula is C17H19N3. The average molecular weight is 265 g/mol. The molecule has 3 rings (SSSR count). The van der Waals surface area contributed by atoms with Crippen molar-refractivity contribution >= 4 is 10.9 Å². The van der Waals surface area contributed by atoms with Gasteiger partial charge in [-0.15, -0.1) is 0 Å². The molecule has 0 aliphatic rings. The summed E-state index contributed by atoms with van der Waals surface area (Å²) in [6.45, 7) is 3.84. The first-order valence-corrected chi connectivity index (χ1v) is 6.91. The summed E-state index contributed by atoms with van der Waals surface area (Å²) in [6.07, 6.45) is 4.33. The highest BCUT2D eigenvalue weighted by molar-refractivity contribution is 5.82. The van der Waals surface area contributed by atoms with E-state index in [0.29, 0.717) is 0 Å². The summed E-state index contributed by atoms with van der Waals surface area (Å²) in [7, 11) is 1.97. The second-order valence-electron chi connectivity index (χ2n) is 5.16. The first-order chi connectivity index (χ1) is 9.76. The first kappa shape index (κ1) is 12.9. The molecular weight excluding hydrogens is 246 g/mol. The molecule has 2 aromatic heterocycles. The number of hydrogen-bond acceptors (Lipinski definition) is 2. The van der Waals surface area contributed by atoms with Gasteiger partial charge in [-0.1, -0.05) is 18.2 Å². The van der Waals surface area contributed by atoms with Crippen molar-refractivity contribution in [1.29, 1.82) is 0 Å². The van der Waals surface area contributed by atoms with Gasteiger partial charge in [-0.05, 0) is 43.3 Å². The molecule has 2 heterocycles. The van der Waals surface area contributed by atoms with Crippen LogP contribution in [0, 0.1) is 6.92 Å². The predicted molar refractivity (Wildman–Crippen MR) is 82.8 cm³/mol. The summed E-state index contributed by atoms with van der Waals surface area (Å²) in [5, 5.41) is 4.41. The van der Waals surface area contributed by atoms with Crippen LogP contribution in [0.25, 0.3) is 10.9 Å². The van der Waals surface area contributed by atoms with Crippen LogP contribution in [0.1, 0.15) is 16.8 Å². The molecule has 3 nitrogen and oxygen atoms in total. The van der Waals surface area contributed by atoms with Crippen molar-refractivity contribution in [3.05, 3.63) is 65.6 Å². The number of benzene rings is 1. The van der Waals surface area contributed by atoms with E-state index >= 15 is 0 Å². The zero-order valence-electron chi connectivity index (χ0n) is 11.9. The third kappa shape index (κ3) is 2.58. The van der Waals surface area contributed by atoms with E-state index in [-0.39, 0.29) is 0 Å². The van der Waals surface area contributed by atoms with Crippen molar-refractivity contribution in [1.82, 2.24) is 14.9 Å². The van der Waals surface area contributed by atoms with Crippen LogP contribution >= 0.6 is 0 Å². The number of hydrogen-bond donors (Lipinski definition) is 1. The molecule has 0 bridgehead atoms. The normalized spacial score (nSPS) is 11.1. The lowest BCUT2D eigenvalue weighted by atomic mass is 10.1. The van der Waals surface area contributed by atoms with E-state index in [1.54, 1.807) is 0 Å². The lowest BCUT2D eigenvalue weighted by Gasteiger charge is -2.09. The van der Waals surface area contributed by atoms with Crippen LogP contribution in [0.4, 0.5) is 0 Å². The monoisotopic (exact) mass is 265 g/mol. The molecule has 0 atom stereocenters. The van der Waals surface area contributed by atoms with Crippen LogP contribution in [-0.2, 0) is 13.1 Å². The molecule has 0 amide bonds. The van der Waals surface area contributed by atoms with Crippen LogP contribution in [0.3, 0.4) is 0 Å². The fraction of sp³-hybridized carbons (Fsp3) is 0.235. The summed E-state index contributed by atoms with van der Waals surface area (Å²) in [4.78, 5) is 4.59. The molecule has 20 heavy (non-hydrogen) atoms. The van der Waals surface area contributed by atoms with Crippen LogP contribution in [0.5, 0.6) is 0 Å². The van der Waals surface area contributed by atoms with Gasteiger partial charge in [0.1, 0.15) is 0 Å². The van der Waals surface area contributed by atoms with Gasteiger partial charge in [0.05, 0.1) is 5.52 Å². The highest BCUT2D eigenvalue weighted by Gasteiger charge is 2.05. The van der Waals surface area contributed by atoms with Crippen molar-refractivity contribution in [2.75, 3.05) is 7.05 Å². The van der Waals surface area contributed by atoms with E-state index in [9.17, 15) is 0 Å². The smallest absolute Gasteiger partial charge is 0.0708 e. The van der Waals surface area contributed by atoms with Gasteiger partial charge in [-0.3, -0.25) is 4.98 Å². The van der Waals surface area contributed by atoms with Gasteiger partial charge < -0.3 is 9.88 Å². The largest absolute Gasteiger partial charge is 0.350 e. The molecule has 0 unspecified atom stereocenters. The summed E-state index contributed by atoms with van der Waals surface area (Å²) in [5.41, 5.74) is 4.77. The Morgan fingerprint density at radius 3 is 2.90 bits per heavy atom. The SMILES string of the molecule is CNCc1ccn(Cc2cc(C)nc3ccccc23)c1. The Balaban J connectivity index is 1.97. The van der Waals surface area contributed by atoms with E-state index in [0.717, 1.165) is 24.3 Å². The summed E-state index contributed by atoms with van der Waals surface area (Å²) in [6, 6.07) is 12.7. The van der Waals surface area contributed by atoms with Crippen molar-refractivity contribution in [3.63, 3.8) is 0 Å². The fourth-order valence-electron chi connectivity index (χ4n) is 2.62. The lowest BCUT2D eigenvalue weighted by Crippen LogP contribution is -2.04. The van der Waals surface area contributed by atoms with Crippen LogP contribution in [0.15, 0.2) is 48.8 Å². The second-order valence-corrected chi connectivity index (χ2v) is 5.16. The third-order valence-electron chi connectivity index (χ3n) is 3.48. The number of pyridine rings is 1. The molecule has 0 fully saturated rings. The van der Waals surface area contributed by atoms with Crippen molar-refractivity contribution in [2.24, 2.45) is 0 Å². The van der Waals surface area contributed by atoms with E-state index in [1.165, 1.54) is 16.5 Å². The minimum absolute atomic E-state index is 0.883. The number of aryl methyl sites for hydroxylation is 1. The summed E-state index contributed by atoms with van der Waals surface area (Å²) >= 11 is 0. The molecule has 3 heteroatoms. The molecule has 0 saturated carbocycles. The van der Waals surface area contributed by atoms with Crippen molar-refractivity contribution in [3.8, 4) is 0 Å². The number of aromatic nitrogens is 2. The number of fused-ring (bicyclic) bond motifs is 1. The zero-order chi connectivity index (χ0) is 13.9. The Labute approximate surface area is 119 Å². The summed E-state index contributed by atoms with van der Waals surface area (Å²) < 4.78 is 2.23. The molecule has 0 aliphatic carbocycles. The van der Waals surface area contributed by atoms with Gasteiger partial charge in [-0.2, -0.15) is 0 Å². The number of nitrogens with zero attached hydrogens (tertiary/aromatic N) is 2. The predicted octanol–water partition coefficient (Wildman–Crippen LogP) is 3.11. The fourth-order valence-corrected chi connectivity index (χ4v) is 2.62. The Kier molecular flexibility index (Phi) is 3.52. The van der Waals surface area contributed by atoms with Gasteiger partial charge in [0.2, 0.25) is 0 Å². The molecule has 1 aromatic carbocycles. The number of nitrogens with one attached hydrogen (secondary N) is 1. The van der Waals surface area contributed by atoms with E-state index < -0.39 is 0 Å². The number of para-hydroxylation sites is 1. The molecule has 1 N–H and O–H groups in total. The third-order valence-corrected chi connectivity index (χ3v) is 3.48. The van der Waals surface area contributed by atoms with Gasteiger partial charge >= 0.3 is 0 Å². The van der Waals surface area contributed by atoms with Crippen LogP contribution < -0.4 is 5.32 Å². The molecule has 0 radical (unpaired) electrons. The van der Waals surface area contributed by atoms with Gasteiger partial charge in [-0.25, -0.2) is 0 Å². The quantitative estimate of drug-likeness (QED) is 0.785.